The maximum absolute atomic E-state index is 7.49. The number of nitrogens with zero attached hydrogens (tertiary/aromatic N) is 2. The highest BCUT2D eigenvalue weighted by atomic mass is 35.5. The van der Waals surface area contributed by atoms with Gasteiger partial charge in [0, 0.05) is 32.6 Å². The third-order valence-electron chi connectivity index (χ3n) is 3.71. The first-order chi connectivity index (χ1) is 12.2. The second kappa shape index (κ2) is 6.97. The normalized spacial score (nSPS) is 18.0. The molecule has 2 aromatic carbocycles. The molecule has 0 N–H and O–H groups in total. The number of halogens is 1. The van der Waals surface area contributed by atoms with Gasteiger partial charge in [0.15, 0.2) is 0 Å². The van der Waals surface area contributed by atoms with E-state index in [9.17, 15) is 0 Å². The lowest BCUT2D eigenvalue weighted by atomic mass is 9.95. The van der Waals surface area contributed by atoms with Crippen LogP contribution in [0.4, 0.5) is 11.4 Å². The average molecular weight is 309 g/mol. The van der Waals surface area contributed by atoms with Crippen molar-refractivity contribution in [3.63, 3.8) is 0 Å². The fraction of sp³-hybridized carbons (Fsp3) is 0.333. The summed E-state index contributed by atoms with van der Waals surface area (Å²) in [4.78, 5) is 2.78. The van der Waals surface area contributed by atoms with Gasteiger partial charge in [0.2, 0.25) is 0 Å². The zero-order chi connectivity index (χ0) is 18.9. The van der Waals surface area contributed by atoms with Crippen LogP contribution in [0.2, 0.25) is 0 Å². The zero-order valence-corrected chi connectivity index (χ0v) is 12.6. The number of benzene rings is 2. The average Bonchev–Trinajstić information content (AvgIpc) is 2.55. The lowest BCUT2D eigenvalue weighted by Crippen LogP contribution is -2.27. The number of hydrogen-bond acceptors (Lipinski definition) is 2. The van der Waals surface area contributed by atoms with Crippen LogP contribution in [0.5, 0.6) is 0 Å². The van der Waals surface area contributed by atoms with Gasteiger partial charge in [-0.15, -0.1) is 12.4 Å². The number of rotatable bonds is 4. The molecule has 0 radical (unpaired) electrons. The number of para-hydroxylation sites is 2. The van der Waals surface area contributed by atoms with Gasteiger partial charge >= 0.3 is 0 Å². The molecular formula is C18H23ClN2. The Balaban J connectivity index is 0.00000261. The van der Waals surface area contributed by atoms with E-state index in [0.717, 1.165) is 17.8 Å². The first-order valence-electron chi connectivity index (χ1n) is 9.89. The van der Waals surface area contributed by atoms with Crippen LogP contribution < -0.4 is 4.90 Å². The van der Waals surface area contributed by atoms with Gasteiger partial charge in [0.25, 0.3) is 0 Å². The Labute approximate surface area is 142 Å². The maximum atomic E-state index is 7.49. The topological polar surface area (TPSA) is 6.48 Å². The minimum Gasteiger partial charge on any atom is -0.341 e. The van der Waals surface area contributed by atoms with Crippen molar-refractivity contribution in [3.8, 4) is 0 Å². The van der Waals surface area contributed by atoms with Crippen LogP contribution in [-0.4, -0.2) is 31.9 Å². The summed E-state index contributed by atoms with van der Waals surface area (Å²) >= 11 is 0. The van der Waals surface area contributed by atoms with Crippen LogP contribution in [0.1, 0.15) is 25.8 Å². The molecular weight excluding hydrogens is 280 g/mol. The molecule has 3 heteroatoms. The second-order valence-corrected chi connectivity index (χ2v) is 5.09. The van der Waals surface area contributed by atoms with E-state index in [1.807, 2.05) is 24.3 Å². The highest BCUT2D eigenvalue weighted by Gasteiger charge is 2.21. The minimum atomic E-state index is -2.64. The lowest BCUT2D eigenvalue weighted by molar-refractivity contribution is 0.402. The summed E-state index contributed by atoms with van der Waals surface area (Å²) in [5.74, 6) is 0. The van der Waals surface area contributed by atoms with Gasteiger partial charge in [-0.05, 0) is 50.2 Å². The van der Waals surface area contributed by atoms with Crippen molar-refractivity contribution in [1.29, 1.82) is 0 Å². The third kappa shape index (κ3) is 3.39. The fourth-order valence-electron chi connectivity index (χ4n) is 2.81. The van der Waals surface area contributed by atoms with Crippen LogP contribution in [0, 0.1) is 0 Å². The number of fused-ring (bicyclic) bond motifs is 2. The largest absolute Gasteiger partial charge is 0.341 e. The summed E-state index contributed by atoms with van der Waals surface area (Å²) < 4.78 is 44.9. The molecule has 2 aromatic rings. The molecule has 112 valence electrons. The van der Waals surface area contributed by atoms with Crippen molar-refractivity contribution in [3.05, 3.63) is 59.7 Å². The smallest absolute Gasteiger partial charge is 0.0446 e. The molecule has 3 rings (SSSR count). The summed E-state index contributed by atoms with van der Waals surface area (Å²) in [5.41, 5.74) is 4.63. The number of anilines is 2. The number of hydrogen-bond donors (Lipinski definition) is 0. The SMILES string of the molecule is Cl.[2H]C([2H])([2H])N(CCCN1c2ccccc2Cc2ccccc21)C([2H])([2H])[2H]. The van der Waals surface area contributed by atoms with E-state index in [0.29, 0.717) is 17.9 Å². The Hall–Kier alpha value is -1.51. The Bertz CT molecular complexity index is 715. The van der Waals surface area contributed by atoms with Crippen molar-refractivity contribution < 1.29 is 8.22 Å². The van der Waals surface area contributed by atoms with E-state index >= 15 is 0 Å². The zero-order valence-electron chi connectivity index (χ0n) is 17.7. The summed E-state index contributed by atoms with van der Waals surface area (Å²) in [6, 6.07) is 16.3. The molecule has 21 heavy (non-hydrogen) atoms. The quantitative estimate of drug-likeness (QED) is 0.839. The summed E-state index contributed by atoms with van der Waals surface area (Å²) in [6.07, 6.45) is 1.29. The van der Waals surface area contributed by atoms with Crippen molar-refractivity contribution in [1.82, 2.24) is 4.90 Å². The fourth-order valence-corrected chi connectivity index (χ4v) is 2.81. The van der Waals surface area contributed by atoms with E-state index in [4.69, 9.17) is 8.22 Å². The van der Waals surface area contributed by atoms with Crippen LogP contribution in [-0.2, 0) is 6.42 Å². The van der Waals surface area contributed by atoms with Gasteiger partial charge in [-0.3, -0.25) is 0 Å². The summed E-state index contributed by atoms with van der Waals surface area (Å²) in [5, 5.41) is 0. The van der Waals surface area contributed by atoms with Crippen molar-refractivity contribution in [2.24, 2.45) is 0 Å². The van der Waals surface area contributed by atoms with Gasteiger partial charge in [0.05, 0.1) is 0 Å². The Morgan fingerprint density at radius 2 is 1.57 bits per heavy atom. The summed E-state index contributed by atoms with van der Waals surface area (Å²) in [6.45, 7) is -4.74. The van der Waals surface area contributed by atoms with E-state index in [2.05, 4.69) is 29.2 Å². The lowest BCUT2D eigenvalue weighted by Gasteiger charge is -2.33. The van der Waals surface area contributed by atoms with E-state index in [1.165, 1.54) is 11.1 Å². The second-order valence-electron chi connectivity index (χ2n) is 5.09. The van der Waals surface area contributed by atoms with Crippen LogP contribution in [0.15, 0.2) is 48.5 Å². The minimum absolute atomic E-state index is 0. The molecule has 1 aliphatic rings. The molecule has 0 aromatic heterocycles. The first kappa shape index (κ1) is 9.50. The highest BCUT2D eigenvalue weighted by molar-refractivity contribution is 5.85. The molecule has 0 unspecified atom stereocenters. The molecule has 2 nitrogen and oxygen atoms in total. The molecule has 0 aliphatic carbocycles. The Kier molecular flexibility index (Phi) is 3.15. The molecule has 0 saturated carbocycles. The Morgan fingerprint density at radius 1 is 1.00 bits per heavy atom. The standard InChI is InChI=1S/C18H22N2.ClH/c1-19(2)12-7-13-20-17-10-5-3-8-15(17)14-16-9-4-6-11-18(16)20;/h3-6,8-11H,7,12-14H2,1-2H3;1H/i1D3,2D3;. The van der Waals surface area contributed by atoms with Gasteiger partial charge in [-0.2, -0.15) is 0 Å². The monoisotopic (exact) mass is 308 g/mol. The van der Waals surface area contributed by atoms with Gasteiger partial charge in [-0.25, -0.2) is 0 Å². The van der Waals surface area contributed by atoms with Crippen LogP contribution >= 0.6 is 12.4 Å². The maximum Gasteiger partial charge on any atom is 0.0446 e. The molecule has 0 amide bonds. The van der Waals surface area contributed by atoms with Crippen LogP contribution in [0.3, 0.4) is 0 Å². The molecule has 0 atom stereocenters. The third-order valence-corrected chi connectivity index (χ3v) is 3.71. The molecule has 0 fully saturated rings. The molecule has 0 bridgehead atoms. The van der Waals surface area contributed by atoms with Gasteiger partial charge < -0.3 is 9.80 Å². The van der Waals surface area contributed by atoms with Crippen molar-refractivity contribution in [2.75, 3.05) is 31.9 Å². The van der Waals surface area contributed by atoms with E-state index in [-0.39, 0.29) is 19.0 Å². The van der Waals surface area contributed by atoms with Crippen LogP contribution in [0.25, 0.3) is 0 Å². The van der Waals surface area contributed by atoms with Crippen molar-refractivity contribution in [2.45, 2.75) is 12.8 Å². The van der Waals surface area contributed by atoms with Gasteiger partial charge in [-0.1, -0.05) is 36.4 Å². The van der Waals surface area contributed by atoms with E-state index < -0.39 is 14.0 Å². The predicted octanol–water partition coefficient (Wildman–Crippen LogP) is 4.10. The predicted molar refractivity (Wildman–Crippen MR) is 93.1 cm³/mol. The molecule has 1 aliphatic heterocycles. The summed E-state index contributed by atoms with van der Waals surface area (Å²) in [7, 11) is 0. The molecule has 1 heterocycles. The first-order valence-corrected chi connectivity index (χ1v) is 6.89. The Morgan fingerprint density at radius 3 is 2.14 bits per heavy atom. The highest BCUT2D eigenvalue weighted by Crippen LogP contribution is 2.38. The van der Waals surface area contributed by atoms with E-state index in [1.54, 1.807) is 0 Å². The molecule has 0 spiro atoms. The molecule has 0 saturated heterocycles. The van der Waals surface area contributed by atoms with Gasteiger partial charge in [0.1, 0.15) is 0 Å². The van der Waals surface area contributed by atoms with Crippen molar-refractivity contribution >= 4 is 23.8 Å².